The number of hydrogen-bond acceptors (Lipinski definition) is 7. The first kappa shape index (κ1) is 25.1. The maximum absolute atomic E-state index is 11.0. The minimum absolute atomic E-state index is 0. The Hall–Kier alpha value is -2.97. The van der Waals surface area contributed by atoms with Gasteiger partial charge in [-0.25, -0.2) is 0 Å². The number of hydrogen-bond donors (Lipinski definition) is 2. The van der Waals surface area contributed by atoms with Gasteiger partial charge < -0.3 is 29.2 Å². The predicted molar refractivity (Wildman–Crippen MR) is 134 cm³/mol. The van der Waals surface area contributed by atoms with Gasteiger partial charge in [-0.2, -0.15) is 0 Å². The molecule has 0 bridgehead atoms. The molecule has 0 aromatic heterocycles. The number of rotatable bonds is 8. The predicted octanol–water partition coefficient (Wildman–Crippen LogP) is 3.31. The van der Waals surface area contributed by atoms with Crippen LogP contribution in [-0.4, -0.2) is 65.8 Å². The highest BCUT2D eigenvalue weighted by Gasteiger charge is 2.32. The highest BCUT2D eigenvalue weighted by molar-refractivity contribution is 5.85. The van der Waals surface area contributed by atoms with Crippen LogP contribution >= 0.6 is 12.4 Å². The fourth-order valence-electron chi connectivity index (χ4n) is 4.26. The van der Waals surface area contributed by atoms with E-state index in [4.69, 9.17) is 18.9 Å². The summed E-state index contributed by atoms with van der Waals surface area (Å²) in [5.41, 5.74) is 1.08. The van der Waals surface area contributed by atoms with Crippen LogP contribution in [0.4, 0.5) is 0 Å². The van der Waals surface area contributed by atoms with Crippen molar-refractivity contribution >= 4 is 12.4 Å². The highest BCUT2D eigenvalue weighted by Crippen LogP contribution is 2.33. The van der Waals surface area contributed by atoms with E-state index < -0.39 is 24.4 Å². The van der Waals surface area contributed by atoms with Crippen LogP contribution in [0.3, 0.4) is 0 Å². The summed E-state index contributed by atoms with van der Waals surface area (Å²) in [5.74, 6) is 2.60. The third-order valence-electron chi connectivity index (χ3n) is 6.06. The van der Waals surface area contributed by atoms with Gasteiger partial charge in [0.2, 0.25) is 0 Å². The van der Waals surface area contributed by atoms with Crippen LogP contribution < -0.4 is 18.9 Å². The molecule has 3 aromatic rings. The zero-order chi connectivity index (χ0) is 23.3. The van der Waals surface area contributed by atoms with E-state index in [-0.39, 0.29) is 25.6 Å². The first-order valence-corrected chi connectivity index (χ1v) is 11.5. The van der Waals surface area contributed by atoms with Gasteiger partial charge in [-0.3, -0.25) is 4.90 Å². The van der Waals surface area contributed by atoms with Crippen molar-refractivity contribution in [3.8, 4) is 23.0 Å². The number of aliphatic hydroxyl groups is 2. The highest BCUT2D eigenvalue weighted by atomic mass is 35.5. The fourth-order valence-corrected chi connectivity index (χ4v) is 4.26. The first-order valence-electron chi connectivity index (χ1n) is 11.5. The molecule has 0 amide bonds. The minimum Gasteiger partial charge on any atom is -0.486 e. The molecule has 5 rings (SSSR count). The Morgan fingerprint density at radius 2 is 1.09 bits per heavy atom. The fraction of sp³-hybridized carbons (Fsp3) is 0.333. The van der Waals surface area contributed by atoms with E-state index in [1.165, 1.54) is 0 Å². The largest absolute Gasteiger partial charge is 0.486 e. The van der Waals surface area contributed by atoms with Crippen LogP contribution in [0.25, 0.3) is 0 Å². The first-order chi connectivity index (χ1) is 16.7. The second-order valence-corrected chi connectivity index (χ2v) is 8.64. The number of fused-ring (bicyclic) bond motifs is 2. The van der Waals surface area contributed by atoms with Gasteiger partial charge in [0.1, 0.15) is 25.4 Å². The molecule has 0 radical (unpaired) electrons. The second kappa shape index (κ2) is 11.6. The number of nitrogens with zero attached hydrogens (tertiary/aromatic N) is 1. The van der Waals surface area contributed by atoms with Crippen LogP contribution in [0.2, 0.25) is 0 Å². The molecule has 2 N–H and O–H groups in total. The van der Waals surface area contributed by atoms with Gasteiger partial charge in [-0.1, -0.05) is 54.6 Å². The molecule has 2 aliphatic rings. The quantitative estimate of drug-likeness (QED) is 0.492. The van der Waals surface area contributed by atoms with Crippen molar-refractivity contribution in [3.63, 3.8) is 0 Å². The van der Waals surface area contributed by atoms with Crippen LogP contribution in [0.1, 0.15) is 5.56 Å². The van der Waals surface area contributed by atoms with Crippen molar-refractivity contribution in [1.82, 2.24) is 4.90 Å². The molecule has 0 unspecified atom stereocenters. The molecule has 0 spiro atoms. The van der Waals surface area contributed by atoms with E-state index in [0.29, 0.717) is 42.6 Å². The van der Waals surface area contributed by atoms with E-state index in [1.807, 2.05) is 83.8 Å². The Balaban J connectivity index is 0.00000289. The van der Waals surface area contributed by atoms with E-state index in [2.05, 4.69) is 0 Å². The van der Waals surface area contributed by atoms with Crippen molar-refractivity contribution in [1.29, 1.82) is 0 Å². The van der Waals surface area contributed by atoms with Gasteiger partial charge in [0.25, 0.3) is 0 Å². The molecule has 3 aromatic carbocycles. The maximum atomic E-state index is 11.0. The molecule has 2 aliphatic heterocycles. The Morgan fingerprint density at radius 3 is 1.57 bits per heavy atom. The van der Waals surface area contributed by atoms with Crippen molar-refractivity contribution in [3.05, 3.63) is 84.4 Å². The lowest BCUT2D eigenvalue weighted by Gasteiger charge is -2.35. The number of aliphatic hydroxyl groups excluding tert-OH is 2. The average molecular weight is 500 g/mol. The molecule has 0 saturated heterocycles. The Labute approximate surface area is 211 Å². The summed E-state index contributed by atoms with van der Waals surface area (Å²) in [6.07, 6.45) is -2.64. The van der Waals surface area contributed by atoms with Gasteiger partial charge in [0.05, 0.1) is 0 Å². The summed E-state index contributed by atoms with van der Waals surface area (Å²) in [6, 6.07) is 24.9. The molecule has 0 fully saturated rings. The zero-order valence-corrected chi connectivity index (χ0v) is 20.0. The monoisotopic (exact) mass is 499 g/mol. The van der Waals surface area contributed by atoms with E-state index in [0.717, 1.165) is 5.56 Å². The second-order valence-electron chi connectivity index (χ2n) is 8.64. The third-order valence-corrected chi connectivity index (χ3v) is 6.06. The number of ether oxygens (including phenoxy) is 4. The van der Waals surface area contributed by atoms with Crippen molar-refractivity contribution < 1.29 is 29.2 Å². The summed E-state index contributed by atoms with van der Waals surface area (Å²) in [7, 11) is 0. The zero-order valence-electron chi connectivity index (χ0n) is 19.2. The van der Waals surface area contributed by atoms with Gasteiger partial charge in [-0.15, -0.1) is 12.4 Å². The SMILES string of the molecule is Cl.O[C@H](CN(Cc1ccccc1)C[C@H](O)[C@H]1COc2ccccc2O1)[C@@H]1COc2ccccc2O1. The van der Waals surface area contributed by atoms with Gasteiger partial charge in [-0.05, 0) is 29.8 Å². The molecule has 35 heavy (non-hydrogen) atoms. The molecule has 4 atom stereocenters. The Bertz CT molecular complexity index is 1020. The van der Waals surface area contributed by atoms with Crippen LogP contribution in [0, 0.1) is 0 Å². The van der Waals surface area contributed by atoms with E-state index >= 15 is 0 Å². The van der Waals surface area contributed by atoms with Crippen molar-refractivity contribution in [2.75, 3.05) is 26.3 Å². The topological polar surface area (TPSA) is 80.6 Å². The number of benzene rings is 3. The summed E-state index contributed by atoms with van der Waals surface area (Å²) in [4.78, 5) is 2.01. The third kappa shape index (κ3) is 6.18. The van der Waals surface area contributed by atoms with E-state index in [1.54, 1.807) is 0 Å². The molecule has 2 heterocycles. The molecular weight excluding hydrogens is 470 g/mol. The number of para-hydroxylation sites is 4. The standard InChI is InChI=1S/C27H29NO6.ClH/c29-20(26-17-31-22-10-4-6-12-24(22)33-26)15-28(14-19-8-2-1-3-9-19)16-21(30)27-18-32-23-11-5-7-13-25(23)34-27;/h1-13,20-21,26-27,29-30H,14-18H2;1H/t20-,21+,26+,27-;. The summed E-state index contributed by atoms with van der Waals surface area (Å²) < 4.78 is 23.5. The van der Waals surface area contributed by atoms with Gasteiger partial charge >= 0.3 is 0 Å². The summed E-state index contributed by atoms with van der Waals surface area (Å²) in [5, 5.41) is 22.0. The molecule has 0 saturated carbocycles. The van der Waals surface area contributed by atoms with Crippen molar-refractivity contribution in [2.45, 2.75) is 31.0 Å². The lowest BCUT2D eigenvalue weighted by molar-refractivity contribution is -0.0508. The average Bonchev–Trinajstić information content (AvgIpc) is 2.88. The summed E-state index contributed by atoms with van der Waals surface area (Å²) >= 11 is 0. The molecular formula is C27H30ClNO6. The smallest absolute Gasteiger partial charge is 0.161 e. The van der Waals surface area contributed by atoms with Crippen LogP contribution in [0.5, 0.6) is 23.0 Å². The number of halogens is 1. The summed E-state index contributed by atoms with van der Waals surface area (Å²) in [6.45, 7) is 1.68. The van der Waals surface area contributed by atoms with Crippen LogP contribution in [-0.2, 0) is 6.54 Å². The Kier molecular flexibility index (Phi) is 8.36. The normalized spacial score (nSPS) is 20.0. The van der Waals surface area contributed by atoms with Crippen molar-refractivity contribution in [2.24, 2.45) is 0 Å². The molecule has 8 heteroatoms. The molecule has 0 aliphatic carbocycles. The lowest BCUT2D eigenvalue weighted by Crippen LogP contribution is -2.50. The van der Waals surface area contributed by atoms with Crippen LogP contribution in [0.15, 0.2) is 78.9 Å². The van der Waals surface area contributed by atoms with Gasteiger partial charge in [0, 0.05) is 19.6 Å². The lowest BCUT2D eigenvalue weighted by atomic mass is 10.1. The molecule has 186 valence electrons. The van der Waals surface area contributed by atoms with E-state index in [9.17, 15) is 10.2 Å². The van der Waals surface area contributed by atoms with Gasteiger partial charge in [0.15, 0.2) is 35.2 Å². The Morgan fingerprint density at radius 1 is 0.657 bits per heavy atom. The molecule has 7 nitrogen and oxygen atoms in total. The minimum atomic E-state index is -0.812. The maximum Gasteiger partial charge on any atom is 0.161 e.